The number of aliphatic imine (C=N–C) groups is 1. The third kappa shape index (κ3) is 6.91. The third-order valence-corrected chi connectivity index (χ3v) is 3.16. The number of nitrogens with zero attached hydrogens (tertiary/aromatic N) is 3. The normalized spacial score (nSPS) is 12.5. The van der Waals surface area contributed by atoms with Crippen LogP contribution >= 0.6 is 0 Å². The van der Waals surface area contributed by atoms with Crippen LogP contribution in [0.25, 0.3) is 0 Å². The van der Waals surface area contributed by atoms with E-state index in [-0.39, 0.29) is 5.41 Å². The van der Waals surface area contributed by atoms with Gasteiger partial charge in [-0.15, -0.1) is 0 Å². The number of nitrogens with one attached hydrogen (secondary N) is 2. The molecule has 2 N–H and O–H groups in total. The smallest absolute Gasteiger partial charge is 0.232 e. The summed E-state index contributed by atoms with van der Waals surface area (Å²) in [7, 11) is 0. The molecular weight excluding hydrogens is 278 g/mol. The first kappa shape index (κ1) is 18.5. The van der Waals surface area contributed by atoms with Crippen molar-refractivity contribution in [1.29, 1.82) is 0 Å². The summed E-state index contributed by atoms with van der Waals surface area (Å²) in [6.07, 6.45) is 4.95. The van der Waals surface area contributed by atoms with Crippen molar-refractivity contribution < 1.29 is 4.52 Å². The molecule has 0 unspecified atom stereocenters. The molecule has 0 aromatic carbocycles. The molecular formula is C16H31N5O. The minimum Gasteiger partial charge on any atom is -0.357 e. The summed E-state index contributed by atoms with van der Waals surface area (Å²) in [5.74, 6) is 2.07. The molecule has 0 saturated carbocycles. The summed E-state index contributed by atoms with van der Waals surface area (Å²) >= 11 is 0. The molecule has 1 aromatic rings. The zero-order chi connectivity index (χ0) is 16.4. The van der Waals surface area contributed by atoms with E-state index in [0.717, 1.165) is 25.5 Å². The van der Waals surface area contributed by atoms with Gasteiger partial charge in [0.15, 0.2) is 11.8 Å². The molecule has 0 aliphatic rings. The Hall–Kier alpha value is -1.59. The van der Waals surface area contributed by atoms with Crippen LogP contribution in [0.4, 0.5) is 0 Å². The van der Waals surface area contributed by atoms with Gasteiger partial charge < -0.3 is 15.2 Å². The Balaban J connectivity index is 2.49. The van der Waals surface area contributed by atoms with Crippen molar-refractivity contribution in [3.63, 3.8) is 0 Å². The third-order valence-electron chi connectivity index (χ3n) is 3.16. The Morgan fingerprint density at radius 2 is 1.91 bits per heavy atom. The van der Waals surface area contributed by atoms with Crippen LogP contribution in [0.5, 0.6) is 0 Å². The highest BCUT2D eigenvalue weighted by Gasteiger charge is 2.21. The molecule has 1 heterocycles. The van der Waals surface area contributed by atoms with E-state index in [4.69, 9.17) is 4.52 Å². The lowest BCUT2D eigenvalue weighted by atomic mass is 9.97. The summed E-state index contributed by atoms with van der Waals surface area (Å²) in [4.78, 5) is 8.90. The first-order valence-corrected chi connectivity index (χ1v) is 8.32. The summed E-state index contributed by atoms with van der Waals surface area (Å²) in [6, 6.07) is 0. The van der Waals surface area contributed by atoms with Crippen LogP contribution < -0.4 is 10.6 Å². The van der Waals surface area contributed by atoms with Crippen molar-refractivity contribution in [3.8, 4) is 0 Å². The van der Waals surface area contributed by atoms with Crippen LogP contribution in [0, 0.1) is 0 Å². The van der Waals surface area contributed by atoms with Crippen molar-refractivity contribution in [2.24, 2.45) is 4.99 Å². The summed E-state index contributed by atoms with van der Waals surface area (Å²) in [6.45, 7) is 12.6. The molecule has 1 rings (SSSR count). The van der Waals surface area contributed by atoms with Gasteiger partial charge in [-0.3, -0.25) is 0 Å². The maximum absolute atomic E-state index is 5.28. The van der Waals surface area contributed by atoms with Gasteiger partial charge in [0, 0.05) is 18.5 Å². The summed E-state index contributed by atoms with van der Waals surface area (Å²) in [5, 5.41) is 10.6. The first-order chi connectivity index (χ1) is 10.5. The number of hydrogen-bond acceptors (Lipinski definition) is 4. The highest BCUT2D eigenvalue weighted by molar-refractivity contribution is 5.79. The molecule has 0 fully saturated rings. The van der Waals surface area contributed by atoms with Crippen LogP contribution in [0.3, 0.4) is 0 Å². The average molecular weight is 309 g/mol. The molecule has 0 aliphatic carbocycles. The molecule has 126 valence electrons. The lowest BCUT2D eigenvalue weighted by molar-refractivity contribution is 0.318. The highest BCUT2D eigenvalue weighted by Crippen LogP contribution is 2.19. The Morgan fingerprint density at radius 1 is 1.14 bits per heavy atom. The molecule has 0 aliphatic heterocycles. The molecule has 0 atom stereocenters. The van der Waals surface area contributed by atoms with Gasteiger partial charge in [0.25, 0.3) is 0 Å². The molecule has 0 spiro atoms. The van der Waals surface area contributed by atoms with Crippen LogP contribution in [-0.4, -0.2) is 29.2 Å². The zero-order valence-electron chi connectivity index (χ0n) is 14.7. The van der Waals surface area contributed by atoms with E-state index >= 15 is 0 Å². The molecule has 0 bridgehead atoms. The fourth-order valence-corrected chi connectivity index (χ4v) is 1.87. The molecule has 22 heavy (non-hydrogen) atoms. The Bertz CT molecular complexity index is 448. The van der Waals surface area contributed by atoms with Gasteiger partial charge in [-0.2, -0.15) is 4.98 Å². The predicted molar refractivity (Wildman–Crippen MR) is 90.0 cm³/mol. The maximum Gasteiger partial charge on any atom is 0.232 e. The average Bonchev–Trinajstić information content (AvgIpc) is 2.93. The largest absolute Gasteiger partial charge is 0.357 e. The topological polar surface area (TPSA) is 75.3 Å². The van der Waals surface area contributed by atoms with Gasteiger partial charge in [0.2, 0.25) is 5.89 Å². The number of unbranched alkanes of at least 4 members (excludes halogenated alkanes) is 3. The summed E-state index contributed by atoms with van der Waals surface area (Å²) in [5.41, 5.74) is -0.128. The van der Waals surface area contributed by atoms with Gasteiger partial charge in [-0.05, 0) is 13.3 Å². The lowest BCUT2D eigenvalue weighted by Crippen LogP contribution is -2.37. The SMILES string of the molecule is CCCCCCNC(=NCc1noc(C(C)(C)C)n1)NCC. The van der Waals surface area contributed by atoms with E-state index in [1.165, 1.54) is 19.3 Å². The van der Waals surface area contributed by atoms with E-state index in [9.17, 15) is 0 Å². The van der Waals surface area contributed by atoms with Crippen molar-refractivity contribution in [3.05, 3.63) is 11.7 Å². The highest BCUT2D eigenvalue weighted by atomic mass is 16.5. The second kappa shape index (κ2) is 9.43. The minimum atomic E-state index is -0.128. The van der Waals surface area contributed by atoms with Crippen LogP contribution in [0.15, 0.2) is 9.52 Å². The number of guanidine groups is 1. The van der Waals surface area contributed by atoms with E-state index in [2.05, 4.69) is 60.4 Å². The predicted octanol–water partition coefficient (Wildman–Crippen LogP) is 3.00. The van der Waals surface area contributed by atoms with E-state index in [1.807, 2.05) is 0 Å². The van der Waals surface area contributed by atoms with Crippen molar-refractivity contribution in [1.82, 2.24) is 20.8 Å². The van der Waals surface area contributed by atoms with Crippen molar-refractivity contribution in [2.45, 2.75) is 72.3 Å². The van der Waals surface area contributed by atoms with Crippen LogP contribution in [0.1, 0.15) is 72.0 Å². The maximum atomic E-state index is 5.28. The molecule has 0 radical (unpaired) electrons. The molecule has 6 heteroatoms. The minimum absolute atomic E-state index is 0.128. The quantitative estimate of drug-likeness (QED) is 0.438. The standard InChI is InChI=1S/C16H31N5O/c1-6-8-9-10-11-18-15(17-7-2)19-12-13-20-14(22-21-13)16(3,4)5/h6-12H2,1-5H3,(H2,17,18,19). The van der Waals surface area contributed by atoms with Crippen molar-refractivity contribution in [2.75, 3.05) is 13.1 Å². The summed E-state index contributed by atoms with van der Waals surface area (Å²) < 4.78 is 5.28. The molecule has 1 aromatic heterocycles. The van der Waals surface area contributed by atoms with Gasteiger partial charge >= 0.3 is 0 Å². The van der Waals surface area contributed by atoms with Gasteiger partial charge in [0.1, 0.15) is 6.54 Å². The number of aromatic nitrogens is 2. The van der Waals surface area contributed by atoms with Crippen LogP contribution in [0.2, 0.25) is 0 Å². The van der Waals surface area contributed by atoms with Gasteiger partial charge in [-0.25, -0.2) is 4.99 Å². The van der Waals surface area contributed by atoms with Gasteiger partial charge in [-0.1, -0.05) is 52.1 Å². The Labute approximate surface area is 134 Å². The zero-order valence-corrected chi connectivity index (χ0v) is 14.7. The second-order valence-electron chi connectivity index (χ2n) is 6.45. The molecule has 6 nitrogen and oxygen atoms in total. The number of hydrogen-bond donors (Lipinski definition) is 2. The first-order valence-electron chi connectivity index (χ1n) is 8.32. The number of rotatable bonds is 8. The van der Waals surface area contributed by atoms with E-state index < -0.39 is 0 Å². The van der Waals surface area contributed by atoms with E-state index in [0.29, 0.717) is 18.3 Å². The molecule has 0 saturated heterocycles. The van der Waals surface area contributed by atoms with Crippen LogP contribution in [-0.2, 0) is 12.0 Å². The monoisotopic (exact) mass is 309 g/mol. The lowest BCUT2D eigenvalue weighted by Gasteiger charge is -2.11. The van der Waals surface area contributed by atoms with Gasteiger partial charge in [0.05, 0.1) is 0 Å². The Morgan fingerprint density at radius 3 is 2.50 bits per heavy atom. The fraction of sp³-hybridized carbons (Fsp3) is 0.812. The Kier molecular flexibility index (Phi) is 7.91. The second-order valence-corrected chi connectivity index (χ2v) is 6.45. The van der Waals surface area contributed by atoms with Crippen molar-refractivity contribution >= 4 is 5.96 Å². The fourth-order valence-electron chi connectivity index (χ4n) is 1.87. The van der Waals surface area contributed by atoms with E-state index in [1.54, 1.807) is 0 Å². The molecule has 0 amide bonds.